The molecule has 4 aromatic rings. The number of ether oxygens (including phenoxy) is 1. The molecule has 0 amide bonds. The summed E-state index contributed by atoms with van der Waals surface area (Å²) in [5.74, 6) is -0.318. The average Bonchev–Trinajstić information content (AvgIpc) is 3.09. The molecule has 0 aliphatic carbocycles. The number of imidazole rings is 1. The maximum atomic E-state index is 11.9. The third kappa shape index (κ3) is 2.98. The summed E-state index contributed by atoms with van der Waals surface area (Å²) >= 11 is 1.31. The second-order valence-corrected chi connectivity index (χ2v) is 7.46. The van der Waals surface area contributed by atoms with E-state index in [4.69, 9.17) is 4.74 Å². The predicted octanol–water partition coefficient (Wildman–Crippen LogP) is 4.10. The standard InChI is InChI=1S/C21H16N4O2S/c1-13(20(26)27-2)28-21-24-19-18(8-5-11-23-19)25(21)17-10-9-14(12-22)15-6-3-4-7-16(15)17/h3-11,13H,1-2H3. The van der Waals surface area contributed by atoms with Gasteiger partial charge in [-0.05, 0) is 31.2 Å². The Bertz CT molecular complexity index is 1240. The predicted molar refractivity (Wildman–Crippen MR) is 108 cm³/mol. The van der Waals surface area contributed by atoms with Crippen LogP contribution in [0.25, 0.3) is 27.6 Å². The van der Waals surface area contributed by atoms with Crippen molar-refractivity contribution in [3.05, 3.63) is 60.3 Å². The van der Waals surface area contributed by atoms with Crippen LogP contribution in [0, 0.1) is 11.3 Å². The number of nitriles is 1. The molecule has 2 aromatic carbocycles. The summed E-state index contributed by atoms with van der Waals surface area (Å²) in [6.45, 7) is 1.78. The lowest BCUT2D eigenvalue weighted by molar-refractivity contribution is -0.139. The molecule has 1 unspecified atom stereocenters. The van der Waals surface area contributed by atoms with E-state index in [2.05, 4.69) is 16.0 Å². The molecule has 0 saturated heterocycles. The van der Waals surface area contributed by atoms with Crippen molar-refractivity contribution < 1.29 is 9.53 Å². The summed E-state index contributed by atoms with van der Waals surface area (Å²) in [6.07, 6.45) is 1.69. The number of carbonyl (C=O) groups excluding carboxylic acids is 1. The van der Waals surface area contributed by atoms with Gasteiger partial charge < -0.3 is 4.74 Å². The highest BCUT2D eigenvalue weighted by atomic mass is 32.2. The number of pyridine rings is 1. The number of nitrogens with zero attached hydrogens (tertiary/aromatic N) is 4. The van der Waals surface area contributed by atoms with Crippen molar-refractivity contribution in [3.63, 3.8) is 0 Å². The first-order valence-corrected chi connectivity index (χ1v) is 9.52. The zero-order valence-corrected chi connectivity index (χ0v) is 16.1. The van der Waals surface area contributed by atoms with E-state index < -0.39 is 5.25 Å². The van der Waals surface area contributed by atoms with Crippen LogP contribution in [0.15, 0.2) is 59.9 Å². The van der Waals surface area contributed by atoms with Crippen molar-refractivity contribution in [2.45, 2.75) is 17.3 Å². The summed E-state index contributed by atoms with van der Waals surface area (Å²) in [6, 6.07) is 17.5. The Morgan fingerprint density at radius 1 is 1.18 bits per heavy atom. The van der Waals surface area contributed by atoms with Crippen molar-refractivity contribution in [3.8, 4) is 11.8 Å². The molecule has 0 N–H and O–H groups in total. The Morgan fingerprint density at radius 2 is 1.96 bits per heavy atom. The van der Waals surface area contributed by atoms with Gasteiger partial charge in [0.05, 0.1) is 29.9 Å². The monoisotopic (exact) mass is 388 g/mol. The number of rotatable bonds is 4. The van der Waals surface area contributed by atoms with E-state index in [0.717, 1.165) is 22.0 Å². The fraction of sp³-hybridized carbons (Fsp3) is 0.143. The van der Waals surface area contributed by atoms with Crippen molar-refractivity contribution in [1.82, 2.24) is 14.5 Å². The lowest BCUT2D eigenvalue weighted by Gasteiger charge is -2.14. The lowest BCUT2D eigenvalue weighted by Crippen LogP contribution is -2.15. The van der Waals surface area contributed by atoms with E-state index in [1.54, 1.807) is 19.2 Å². The first-order valence-electron chi connectivity index (χ1n) is 8.64. The highest BCUT2D eigenvalue weighted by Gasteiger charge is 2.22. The van der Waals surface area contributed by atoms with Crippen LogP contribution in [-0.4, -0.2) is 32.9 Å². The Balaban J connectivity index is 1.99. The van der Waals surface area contributed by atoms with Gasteiger partial charge in [-0.2, -0.15) is 5.26 Å². The van der Waals surface area contributed by atoms with E-state index >= 15 is 0 Å². The van der Waals surface area contributed by atoms with Crippen LogP contribution in [0.2, 0.25) is 0 Å². The van der Waals surface area contributed by atoms with E-state index in [9.17, 15) is 10.1 Å². The number of carbonyl (C=O) groups is 1. The number of aromatic nitrogens is 3. The van der Waals surface area contributed by atoms with Gasteiger partial charge in [0.25, 0.3) is 0 Å². The van der Waals surface area contributed by atoms with Gasteiger partial charge >= 0.3 is 5.97 Å². The molecule has 0 bridgehead atoms. The molecular formula is C21H16N4O2S. The topological polar surface area (TPSA) is 80.8 Å². The van der Waals surface area contributed by atoms with Gasteiger partial charge in [0, 0.05) is 17.0 Å². The molecule has 0 fully saturated rings. The fourth-order valence-electron chi connectivity index (χ4n) is 3.15. The van der Waals surface area contributed by atoms with Gasteiger partial charge in [0.2, 0.25) is 0 Å². The van der Waals surface area contributed by atoms with Gasteiger partial charge in [-0.15, -0.1) is 0 Å². The van der Waals surface area contributed by atoms with Crippen LogP contribution in [0.1, 0.15) is 12.5 Å². The maximum Gasteiger partial charge on any atom is 0.318 e. The molecule has 0 radical (unpaired) electrons. The van der Waals surface area contributed by atoms with E-state index in [-0.39, 0.29) is 5.97 Å². The number of fused-ring (bicyclic) bond motifs is 2. The van der Waals surface area contributed by atoms with Crippen LogP contribution in [-0.2, 0) is 9.53 Å². The Labute approximate surface area is 165 Å². The summed E-state index contributed by atoms with van der Waals surface area (Å²) in [7, 11) is 1.37. The normalized spacial score (nSPS) is 12.0. The van der Waals surface area contributed by atoms with Gasteiger partial charge in [-0.1, -0.05) is 36.0 Å². The second kappa shape index (κ2) is 7.33. The summed E-state index contributed by atoms with van der Waals surface area (Å²) < 4.78 is 6.84. The quantitative estimate of drug-likeness (QED) is 0.387. The first-order chi connectivity index (χ1) is 13.6. The van der Waals surface area contributed by atoms with Crippen molar-refractivity contribution in [2.75, 3.05) is 7.11 Å². The van der Waals surface area contributed by atoms with Gasteiger partial charge in [-0.25, -0.2) is 9.97 Å². The Hall–Kier alpha value is -3.37. The van der Waals surface area contributed by atoms with Crippen LogP contribution in [0.3, 0.4) is 0 Å². The number of hydrogen-bond acceptors (Lipinski definition) is 6. The Kier molecular flexibility index (Phi) is 4.72. The SMILES string of the molecule is COC(=O)C(C)Sc1nc2ncccc2n1-c1ccc(C#N)c2ccccc12. The molecule has 0 spiro atoms. The van der Waals surface area contributed by atoms with Crippen LogP contribution in [0.4, 0.5) is 0 Å². The Morgan fingerprint density at radius 3 is 2.71 bits per heavy atom. The summed E-state index contributed by atoms with van der Waals surface area (Å²) in [5, 5.41) is 11.5. The van der Waals surface area contributed by atoms with Crippen LogP contribution < -0.4 is 0 Å². The van der Waals surface area contributed by atoms with Crippen molar-refractivity contribution >= 4 is 39.7 Å². The molecule has 2 heterocycles. The van der Waals surface area contributed by atoms with Crippen LogP contribution in [0.5, 0.6) is 0 Å². The van der Waals surface area contributed by atoms with Gasteiger partial charge in [0.1, 0.15) is 5.25 Å². The minimum atomic E-state index is -0.426. The van der Waals surface area contributed by atoms with E-state index in [1.807, 2.05) is 47.0 Å². The van der Waals surface area contributed by atoms with Gasteiger partial charge in [0.15, 0.2) is 10.8 Å². The lowest BCUT2D eigenvalue weighted by atomic mass is 10.0. The smallest absolute Gasteiger partial charge is 0.318 e. The minimum absolute atomic E-state index is 0.318. The number of methoxy groups -OCH3 is 1. The number of hydrogen-bond donors (Lipinski definition) is 0. The van der Waals surface area contributed by atoms with Crippen LogP contribution >= 0.6 is 11.8 Å². The molecular weight excluding hydrogens is 372 g/mol. The maximum absolute atomic E-state index is 11.9. The third-order valence-electron chi connectivity index (χ3n) is 4.48. The molecule has 138 valence electrons. The molecule has 6 nitrogen and oxygen atoms in total. The fourth-order valence-corrected chi connectivity index (χ4v) is 4.10. The molecule has 7 heteroatoms. The molecule has 0 saturated carbocycles. The number of esters is 1. The van der Waals surface area contributed by atoms with Crippen molar-refractivity contribution in [2.24, 2.45) is 0 Å². The molecule has 0 aliphatic rings. The summed E-state index contributed by atoms with van der Waals surface area (Å²) in [5.41, 5.74) is 2.91. The average molecular weight is 388 g/mol. The highest BCUT2D eigenvalue weighted by Crippen LogP contribution is 2.34. The number of thioether (sulfide) groups is 1. The van der Waals surface area contributed by atoms with Gasteiger partial charge in [-0.3, -0.25) is 9.36 Å². The second-order valence-electron chi connectivity index (χ2n) is 6.15. The zero-order chi connectivity index (χ0) is 19.7. The molecule has 4 rings (SSSR count). The van der Waals surface area contributed by atoms with E-state index in [0.29, 0.717) is 16.4 Å². The minimum Gasteiger partial charge on any atom is -0.468 e. The third-order valence-corrected chi connectivity index (χ3v) is 5.51. The molecule has 28 heavy (non-hydrogen) atoms. The number of benzene rings is 2. The highest BCUT2D eigenvalue weighted by molar-refractivity contribution is 8.00. The molecule has 0 aliphatic heterocycles. The largest absolute Gasteiger partial charge is 0.468 e. The van der Waals surface area contributed by atoms with E-state index in [1.165, 1.54) is 18.9 Å². The molecule has 2 aromatic heterocycles. The zero-order valence-electron chi connectivity index (χ0n) is 15.3. The molecule has 1 atom stereocenters. The van der Waals surface area contributed by atoms with Crippen molar-refractivity contribution in [1.29, 1.82) is 5.26 Å². The first kappa shape index (κ1) is 18.0. The summed E-state index contributed by atoms with van der Waals surface area (Å²) in [4.78, 5) is 20.9.